The molecule has 0 aliphatic heterocycles. The second-order valence-corrected chi connectivity index (χ2v) is 4.99. The number of aromatic nitrogens is 1. The van der Waals surface area contributed by atoms with Gasteiger partial charge in [-0.05, 0) is 24.8 Å². The van der Waals surface area contributed by atoms with Gasteiger partial charge in [0.05, 0.1) is 0 Å². The summed E-state index contributed by atoms with van der Waals surface area (Å²) in [7, 11) is 0. The number of hydrogen-bond acceptors (Lipinski definition) is 3. The lowest BCUT2D eigenvalue weighted by Gasteiger charge is -2.06. The molecule has 0 saturated carbocycles. The SMILES string of the molecule is CC(C)CCCNC(=O)OC[n+]1cccc(C(N)=O)c1. The van der Waals surface area contributed by atoms with E-state index in [1.807, 2.05) is 0 Å². The number of ether oxygens (including phenoxy) is 1. The number of amides is 2. The first kappa shape index (κ1) is 15.9. The maximum atomic E-state index is 11.4. The highest BCUT2D eigenvalue weighted by molar-refractivity contribution is 5.92. The van der Waals surface area contributed by atoms with Crippen molar-refractivity contribution in [3.05, 3.63) is 30.1 Å². The molecule has 110 valence electrons. The number of pyridine rings is 1. The monoisotopic (exact) mass is 280 g/mol. The van der Waals surface area contributed by atoms with Gasteiger partial charge in [0.1, 0.15) is 5.56 Å². The van der Waals surface area contributed by atoms with Crippen LogP contribution in [0.1, 0.15) is 37.0 Å². The lowest BCUT2D eigenvalue weighted by Crippen LogP contribution is -2.39. The molecule has 2 amide bonds. The zero-order chi connectivity index (χ0) is 15.0. The number of carbonyl (C=O) groups is 2. The van der Waals surface area contributed by atoms with Gasteiger partial charge in [0.2, 0.25) is 0 Å². The standard InChI is InChI=1S/C14H21N3O3/c1-11(2)5-3-7-16-14(19)20-10-17-8-4-6-12(9-17)13(15)18/h4,6,8-9,11H,3,5,7,10H2,1-2H3,(H2-,15,16,18,19)/p+1. The largest absolute Gasteiger partial charge is 0.411 e. The predicted molar refractivity (Wildman–Crippen MR) is 73.7 cm³/mol. The lowest BCUT2D eigenvalue weighted by atomic mass is 10.1. The van der Waals surface area contributed by atoms with Crippen LogP contribution in [0.25, 0.3) is 0 Å². The first-order valence-corrected chi connectivity index (χ1v) is 6.68. The van der Waals surface area contributed by atoms with Gasteiger partial charge in [0, 0.05) is 12.6 Å². The molecule has 1 heterocycles. The molecule has 1 rings (SSSR count). The molecule has 0 unspecified atom stereocenters. The number of nitrogens with one attached hydrogen (secondary N) is 1. The van der Waals surface area contributed by atoms with Gasteiger partial charge < -0.3 is 15.8 Å². The molecule has 0 radical (unpaired) electrons. The molecule has 0 aliphatic carbocycles. The normalized spacial score (nSPS) is 10.3. The third kappa shape index (κ3) is 6.17. The number of primary amides is 1. The number of carbonyl (C=O) groups excluding carboxylic acids is 2. The van der Waals surface area contributed by atoms with E-state index in [0.717, 1.165) is 12.8 Å². The number of rotatable bonds is 7. The summed E-state index contributed by atoms with van der Waals surface area (Å²) >= 11 is 0. The van der Waals surface area contributed by atoms with Gasteiger partial charge in [-0.1, -0.05) is 13.8 Å². The van der Waals surface area contributed by atoms with Crippen molar-refractivity contribution in [2.45, 2.75) is 33.4 Å². The molecule has 1 aromatic heterocycles. The van der Waals surface area contributed by atoms with E-state index in [9.17, 15) is 9.59 Å². The van der Waals surface area contributed by atoms with E-state index in [0.29, 0.717) is 18.0 Å². The Morgan fingerprint density at radius 1 is 1.45 bits per heavy atom. The summed E-state index contributed by atoms with van der Waals surface area (Å²) in [6.07, 6.45) is 4.75. The number of hydrogen-bond donors (Lipinski definition) is 2. The van der Waals surface area contributed by atoms with Crippen LogP contribution in [0.2, 0.25) is 0 Å². The highest BCUT2D eigenvalue weighted by Gasteiger charge is 2.09. The van der Waals surface area contributed by atoms with Crippen molar-refractivity contribution < 1.29 is 18.9 Å². The molecular formula is C14H22N3O3+. The second-order valence-electron chi connectivity index (χ2n) is 4.99. The minimum atomic E-state index is -0.516. The third-order valence-electron chi connectivity index (χ3n) is 2.72. The van der Waals surface area contributed by atoms with Crippen LogP contribution in [0.3, 0.4) is 0 Å². The van der Waals surface area contributed by atoms with Crippen molar-refractivity contribution in [1.82, 2.24) is 5.32 Å². The van der Waals surface area contributed by atoms with Crippen molar-refractivity contribution in [1.29, 1.82) is 0 Å². The van der Waals surface area contributed by atoms with Crippen LogP contribution in [0.5, 0.6) is 0 Å². The summed E-state index contributed by atoms with van der Waals surface area (Å²) in [4.78, 5) is 22.5. The maximum Gasteiger partial charge on any atom is 0.411 e. The smallest absolute Gasteiger partial charge is 0.388 e. The third-order valence-corrected chi connectivity index (χ3v) is 2.72. The summed E-state index contributed by atoms with van der Waals surface area (Å²) in [5.74, 6) is 0.109. The van der Waals surface area contributed by atoms with E-state index in [4.69, 9.17) is 10.5 Å². The van der Waals surface area contributed by atoms with Gasteiger partial charge >= 0.3 is 6.09 Å². The topological polar surface area (TPSA) is 85.3 Å². The Bertz CT molecular complexity index is 461. The van der Waals surface area contributed by atoms with Crippen molar-refractivity contribution in [3.63, 3.8) is 0 Å². The van der Waals surface area contributed by atoms with E-state index in [1.165, 1.54) is 6.20 Å². The maximum absolute atomic E-state index is 11.4. The minimum Gasteiger partial charge on any atom is -0.388 e. The molecule has 0 spiro atoms. The average molecular weight is 280 g/mol. The molecule has 0 bridgehead atoms. The van der Waals surface area contributed by atoms with Crippen LogP contribution in [-0.4, -0.2) is 18.5 Å². The van der Waals surface area contributed by atoms with Gasteiger partial charge in [-0.3, -0.25) is 4.79 Å². The predicted octanol–water partition coefficient (Wildman–Crippen LogP) is 1.19. The highest BCUT2D eigenvalue weighted by Crippen LogP contribution is 2.01. The van der Waals surface area contributed by atoms with Gasteiger partial charge in [-0.15, -0.1) is 0 Å². The molecule has 0 fully saturated rings. The van der Waals surface area contributed by atoms with Crippen LogP contribution < -0.4 is 15.6 Å². The molecule has 0 atom stereocenters. The number of nitrogens with two attached hydrogens (primary N) is 1. The van der Waals surface area contributed by atoms with E-state index in [1.54, 1.807) is 22.9 Å². The summed E-state index contributed by atoms with van der Waals surface area (Å²) in [6, 6.07) is 3.27. The van der Waals surface area contributed by atoms with Crippen molar-refractivity contribution in [3.8, 4) is 0 Å². The lowest BCUT2D eigenvalue weighted by molar-refractivity contribution is -0.727. The van der Waals surface area contributed by atoms with Crippen LogP contribution in [-0.2, 0) is 11.5 Å². The molecule has 1 aromatic rings. The molecule has 0 aliphatic rings. The van der Waals surface area contributed by atoms with Crippen LogP contribution in [0.4, 0.5) is 4.79 Å². The number of nitrogens with zero attached hydrogens (tertiary/aromatic N) is 1. The fourth-order valence-electron chi connectivity index (χ4n) is 1.63. The van der Waals surface area contributed by atoms with Gasteiger partial charge in [-0.25, -0.2) is 4.79 Å². The highest BCUT2D eigenvalue weighted by atomic mass is 16.6. The molecule has 0 saturated heterocycles. The summed E-state index contributed by atoms with van der Waals surface area (Å²) < 4.78 is 6.61. The fourth-order valence-corrected chi connectivity index (χ4v) is 1.63. The molecular weight excluding hydrogens is 258 g/mol. The van der Waals surface area contributed by atoms with Gasteiger partial charge in [-0.2, -0.15) is 4.57 Å². The Morgan fingerprint density at radius 3 is 2.85 bits per heavy atom. The van der Waals surface area contributed by atoms with Crippen molar-refractivity contribution in [2.24, 2.45) is 11.7 Å². The Labute approximate surface area is 118 Å². The fraction of sp³-hybridized carbons (Fsp3) is 0.500. The summed E-state index contributed by atoms with van der Waals surface area (Å²) in [5.41, 5.74) is 5.54. The summed E-state index contributed by atoms with van der Waals surface area (Å²) in [5, 5.41) is 2.68. The molecule has 6 nitrogen and oxygen atoms in total. The van der Waals surface area contributed by atoms with Crippen molar-refractivity contribution >= 4 is 12.0 Å². The Hall–Kier alpha value is -2.11. The van der Waals surface area contributed by atoms with E-state index >= 15 is 0 Å². The number of alkyl carbamates (subject to hydrolysis) is 1. The first-order valence-electron chi connectivity index (χ1n) is 6.68. The van der Waals surface area contributed by atoms with E-state index < -0.39 is 12.0 Å². The molecule has 0 aromatic carbocycles. The zero-order valence-corrected chi connectivity index (χ0v) is 12.0. The van der Waals surface area contributed by atoms with E-state index in [-0.39, 0.29) is 6.73 Å². The molecule has 20 heavy (non-hydrogen) atoms. The minimum absolute atomic E-state index is 0.0388. The Balaban J connectivity index is 2.30. The van der Waals surface area contributed by atoms with E-state index in [2.05, 4.69) is 19.2 Å². The zero-order valence-electron chi connectivity index (χ0n) is 12.0. The average Bonchev–Trinajstić information content (AvgIpc) is 2.41. The first-order chi connectivity index (χ1) is 9.49. The van der Waals surface area contributed by atoms with Crippen LogP contribution in [0, 0.1) is 5.92 Å². The van der Waals surface area contributed by atoms with Crippen molar-refractivity contribution in [2.75, 3.05) is 6.54 Å². The summed E-state index contributed by atoms with van der Waals surface area (Å²) in [6.45, 7) is 4.92. The van der Waals surface area contributed by atoms with Gasteiger partial charge in [0.25, 0.3) is 12.6 Å². The van der Waals surface area contributed by atoms with Crippen LogP contribution in [0.15, 0.2) is 24.5 Å². The van der Waals surface area contributed by atoms with Gasteiger partial charge in [0.15, 0.2) is 12.4 Å². The molecule has 6 heteroatoms. The Morgan fingerprint density at radius 2 is 2.20 bits per heavy atom. The van der Waals surface area contributed by atoms with Crippen LogP contribution >= 0.6 is 0 Å². The Kier molecular flexibility index (Phi) is 6.49. The quantitative estimate of drug-likeness (QED) is 0.581. The second kappa shape index (κ2) is 8.14. The molecule has 3 N–H and O–H groups in total.